The van der Waals surface area contributed by atoms with E-state index in [1.54, 1.807) is 7.11 Å². The summed E-state index contributed by atoms with van der Waals surface area (Å²) < 4.78 is 5.06. The third-order valence-electron chi connectivity index (χ3n) is 3.85. The first kappa shape index (κ1) is 17.6. The number of nitrogens with zero attached hydrogens (tertiary/aromatic N) is 3. The lowest BCUT2D eigenvalue weighted by molar-refractivity contribution is -0.383. The van der Waals surface area contributed by atoms with Crippen LogP contribution in [0.2, 0.25) is 0 Å². The Morgan fingerprint density at radius 3 is 2.65 bits per heavy atom. The number of methoxy groups -OCH3 is 1. The van der Waals surface area contributed by atoms with Crippen molar-refractivity contribution in [2.24, 2.45) is 0 Å². The van der Waals surface area contributed by atoms with Gasteiger partial charge < -0.3 is 15.4 Å². The van der Waals surface area contributed by atoms with Gasteiger partial charge in [-0.1, -0.05) is 36.4 Å². The lowest BCUT2D eigenvalue weighted by Crippen LogP contribution is -2.22. The van der Waals surface area contributed by atoms with Crippen LogP contribution >= 0.6 is 0 Å². The van der Waals surface area contributed by atoms with Crippen LogP contribution < -0.4 is 10.6 Å². The molecule has 0 radical (unpaired) electrons. The first-order chi connectivity index (χ1) is 12.6. The Balaban J connectivity index is 2.00. The van der Waals surface area contributed by atoms with Crippen molar-refractivity contribution in [2.75, 3.05) is 24.4 Å². The second-order valence-electron chi connectivity index (χ2n) is 5.83. The predicted molar refractivity (Wildman–Crippen MR) is 101 cm³/mol. The summed E-state index contributed by atoms with van der Waals surface area (Å²) >= 11 is 0. The second-order valence-corrected chi connectivity index (χ2v) is 5.83. The van der Waals surface area contributed by atoms with Crippen molar-refractivity contribution in [3.05, 3.63) is 58.9 Å². The molecule has 0 aliphatic carbocycles. The Morgan fingerprint density at radius 2 is 1.88 bits per heavy atom. The van der Waals surface area contributed by atoms with E-state index >= 15 is 0 Å². The summed E-state index contributed by atoms with van der Waals surface area (Å²) in [4.78, 5) is 19.3. The molecule has 0 fully saturated rings. The molecule has 0 amide bonds. The highest BCUT2D eigenvalue weighted by Gasteiger charge is 2.24. The van der Waals surface area contributed by atoms with Crippen molar-refractivity contribution in [1.82, 2.24) is 9.97 Å². The molecule has 1 atom stereocenters. The van der Waals surface area contributed by atoms with Crippen molar-refractivity contribution in [3.63, 3.8) is 0 Å². The van der Waals surface area contributed by atoms with Crippen LogP contribution in [-0.2, 0) is 4.74 Å². The first-order valence-corrected chi connectivity index (χ1v) is 8.09. The Bertz CT molecular complexity index is 926. The summed E-state index contributed by atoms with van der Waals surface area (Å²) in [6.07, 6.45) is 1.29. The summed E-state index contributed by atoms with van der Waals surface area (Å²) in [5.74, 6) is 0.283. The topological polar surface area (TPSA) is 102 Å². The number of anilines is 3. The van der Waals surface area contributed by atoms with E-state index in [9.17, 15) is 10.1 Å². The zero-order valence-corrected chi connectivity index (χ0v) is 14.5. The molecule has 3 aromatic rings. The summed E-state index contributed by atoms with van der Waals surface area (Å²) in [5.41, 5.74) is 0.532. The van der Waals surface area contributed by atoms with Gasteiger partial charge in [0.25, 0.3) is 0 Å². The molecule has 1 unspecified atom stereocenters. The number of hydrogen-bond donors (Lipinski definition) is 2. The van der Waals surface area contributed by atoms with Crippen LogP contribution in [0.5, 0.6) is 0 Å². The van der Waals surface area contributed by atoms with Gasteiger partial charge in [0.05, 0.1) is 11.5 Å². The van der Waals surface area contributed by atoms with Gasteiger partial charge in [0.2, 0.25) is 11.6 Å². The molecule has 0 saturated carbocycles. The molecule has 1 aromatic heterocycles. The van der Waals surface area contributed by atoms with Gasteiger partial charge in [-0.25, -0.2) is 9.97 Å². The number of benzene rings is 2. The number of fused-ring (bicyclic) bond motifs is 1. The zero-order valence-electron chi connectivity index (χ0n) is 14.5. The molecule has 8 heteroatoms. The van der Waals surface area contributed by atoms with Crippen LogP contribution in [0, 0.1) is 10.1 Å². The number of nitrogens with one attached hydrogen (secondary N) is 2. The molecule has 1 heterocycles. The Morgan fingerprint density at radius 1 is 1.15 bits per heavy atom. The van der Waals surface area contributed by atoms with E-state index in [4.69, 9.17) is 4.74 Å². The molecule has 8 nitrogen and oxygen atoms in total. The van der Waals surface area contributed by atoms with Gasteiger partial charge >= 0.3 is 5.69 Å². The van der Waals surface area contributed by atoms with Crippen molar-refractivity contribution in [2.45, 2.75) is 13.0 Å². The van der Waals surface area contributed by atoms with Gasteiger partial charge in [0.1, 0.15) is 6.33 Å². The lowest BCUT2D eigenvalue weighted by Gasteiger charge is -2.15. The SMILES string of the molecule is COCC(C)Nc1ncnc(Nc2cccc3ccccc23)c1[N+](=O)[O-]. The third kappa shape index (κ3) is 3.70. The predicted octanol–water partition coefficient (Wildman–Crippen LogP) is 3.73. The number of hydrogen-bond acceptors (Lipinski definition) is 7. The maximum absolute atomic E-state index is 11.7. The molecular formula is C18H19N5O3. The van der Waals surface area contributed by atoms with Gasteiger partial charge in [-0.2, -0.15) is 0 Å². The van der Waals surface area contributed by atoms with E-state index in [1.165, 1.54) is 6.33 Å². The van der Waals surface area contributed by atoms with Crippen molar-refractivity contribution < 1.29 is 9.66 Å². The largest absolute Gasteiger partial charge is 0.383 e. The second kappa shape index (κ2) is 7.75. The molecule has 2 aromatic carbocycles. The molecule has 2 N–H and O–H groups in total. The van der Waals surface area contributed by atoms with E-state index in [1.807, 2.05) is 49.4 Å². The van der Waals surface area contributed by atoms with Crippen LogP contribution in [0.3, 0.4) is 0 Å². The van der Waals surface area contributed by atoms with Crippen molar-refractivity contribution >= 4 is 33.8 Å². The maximum Gasteiger partial charge on any atom is 0.353 e. The molecule has 0 spiro atoms. The molecule has 0 saturated heterocycles. The van der Waals surface area contributed by atoms with E-state index in [0.29, 0.717) is 6.61 Å². The maximum atomic E-state index is 11.7. The summed E-state index contributed by atoms with van der Waals surface area (Å²) in [7, 11) is 1.57. The van der Waals surface area contributed by atoms with Gasteiger partial charge in [-0.3, -0.25) is 10.1 Å². The minimum atomic E-state index is -0.491. The van der Waals surface area contributed by atoms with Crippen LogP contribution in [0.1, 0.15) is 6.92 Å². The van der Waals surface area contributed by atoms with Crippen LogP contribution in [-0.4, -0.2) is 34.6 Å². The Kier molecular flexibility index (Phi) is 5.23. The third-order valence-corrected chi connectivity index (χ3v) is 3.85. The van der Waals surface area contributed by atoms with Crippen LogP contribution in [0.25, 0.3) is 10.8 Å². The fourth-order valence-electron chi connectivity index (χ4n) is 2.74. The van der Waals surface area contributed by atoms with Crippen LogP contribution in [0.15, 0.2) is 48.8 Å². The number of aromatic nitrogens is 2. The number of rotatable bonds is 7. The summed E-state index contributed by atoms with van der Waals surface area (Å²) in [6, 6.07) is 13.4. The van der Waals surface area contributed by atoms with E-state index < -0.39 is 4.92 Å². The van der Waals surface area contributed by atoms with Crippen molar-refractivity contribution in [3.8, 4) is 0 Å². The summed E-state index contributed by atoms with van der Waals surface area (Å²) in [5, 5.41) is 19.7. The fraction of sp³-hybridized carbons (Fsp3) is 0.222. The molecule has 0 aliphatic rings. The summed E-state index contributed by atoms with van der Waals surface area (Å²) in [6.45, 7) is 2.25. The minimum Gasteiger partial charge on any atom is -0.383 e. The molecule has 26 heavy (non-hydrogen) atoms. The Hall–Kier alpha value is -3.26. The van der Waals surface area contributed by atoms with Crippen molar-refractivity contribution in [1.29, 1.82) is 0 Å². The molecular weight excluding hydrogens is 334 g/mol. The van der Waals surface area contributed by atoms with Gasteiger partial charge in [0.15, 0.2) is 0 Å². The van der Waals surface area contributed by atoms with Gasteiger partial charge in [0, 0.05) is 24.2 Å². The molecule has 3 rings (SSSR count). The number of ether oxygens (including phenoxy) is 1. The quantitative estimate of drug-likeness (QED) is 0.493. The smallest absolute Gasteiger partial charge is 0.353 e. The molecule has 0 bridgehead atoms. The Labute approximate surface area is 150 Å². The fourth-order valence-corrected chi connectivity index (χ4v) is 2.74. The van der Waals surface area contributed by atoms with E-state index in [2.05, 4.69) is 20.6 Å². The highest BCUT2D eigenvalue weighted by Crippen LogP contribution is 2.33. The highest BCUT2D eigenvalue weighted by molar-refractivity contribution is 5.96. The van der Waals surface area contributed by atoms with Crippen LogP contribution in [0.4, 0.5) is 23.0 Å². The normalized spacial score (nSPS) is 11.9. The van der Waals surface area contributed by atoms with E-state index in [-0.39, 0.29) is 23.4 Å². The first-order valence-electron chi connectivity index (χ1n) is 8.09. The standard InChI is InChI=1S/C18H19N5O3/c1-12(10-26-2)21-17-16(23(24)25)18(20-11-19-17)22-15-9-5-7-13-6-3-4-8-14(13)15/h3-9,11-12H,10H2,1-2H3,(H2,19,20,21,22). The average molecular weight is 353 g/mol. The van der Waals surface area contributed by atoms with E-state index in [0.717, 1.165) is 16.5 Å². The lowest BCUT2D eigenvalue weighted by atomic mass is 10.1. The molecule has 134 valence electrons. The zero-order chi connectivity index (χ0) is 18.5. The van der Waals surface area contributed by atoms with Gasteiger partial charge in [-0.15, -0.1) is 0 Å². The monoisotopic (exact) mass is 353 g/mol. The number of nitro groups is 1. The average Bonchev–Trinajstić information content (AvgIpc) is 2.62. The van der Waals surface area contributed by atoms with Gasteiger partial charge in [-0.05, 0) is 18.4 Å². The minimum absolute atomic E-state index is 0.133. The highest BCUT2D eigenvalue weighted by atomic mass is 16.6. The molecule has 0 aliphatic heterocycles.